The maximum absolute atomic E-state index is 13.9. The van der Waals surface area contributed by atoms with Gasteiger partial charge in [0, 0.05) is 31.9 Å². The standard InChI is InChI=1S/C26H32FNO4/c1-30-24-8-7-22(27)15-23(24)21-6-2-4-19(14-21)16-26(9-12-31-13-10-26)25(29)28-17-20-5-3-11-32-18-20/h2,4,6-8,14-15,20H,3,5,9-13,16-18H2,1H3,(H,28,29). The average Bonchev–Trinajstić information content (AvgIpc) is 2.84. The summed E-state index contributed by atoms with van der Waals surface area (Å²) in [4.78, 5) is 13.4. The van der Waals surface area contributed by atoms with Crippen LogP contribution >= 0.6 is 0 Å². The molecule has 0 aliphatic carbocycles. The molecule has 2 aliphatic heterocycles. The Morgan fingerprint density at radius 1 is 1.16 bits per heavy atom. The summed E-state index contributed by atoms with van der Waals surface area (Å²) in [6, 6.07) is 12.5. The minimum atomic E-state index is -0.502. The molecule has 5 nitrogen and oxygen atoms in total. The Bertz CT molecular complexity index is 920. The Labute approximate surface area is 189 Å². The third kappa shape index (κ3) is 5.30. The van der Waals surface area contributed by atoms with Gasteiger partial charge >= 0.3 is 0 Å². The van der Waals surface area contributed by atoms with Gasteiger partial charge < -0.3 is 19.5 Å². The summed E-state index contributed by atoms with van der Waals surface area (Å²) in [6.07, 6.45) is 4.14. The molecule has 4 rings (SSSR count). The van der Waals surface area contributed by atoms with Gasteiger partial charge in [-0.25, -0.2) is 4.39 Å². The van der Waals surface area contributed by atoms with Gasteiger partial charge in [-0.3, -0.25) is 4.79 Å². The van der Waals surface area contributed by atoms with Crippen LogP contribution < -0.4 is 10.1 Å². The van der Waals surface area contributed by atoms with Crippen LogP contribution in [-0.2, 0) is 20.7 Å². The van der Waals surface area contributed by atoms with Crippen LogP contribution in [0.1, 0.15) is 31.2 Å². The number of halogens is 1. The number of carbonyl (C=O) groups excluding carboxylic acids is 1. The first kappa shape index (κ1) is 22.7. The highest BCUT2D eigenvalue weighted by atomic mass is 19.1. The lowest BCUT2D eigenvalue weighted by molar-refractivity contribution is -0.137. The zero-order valence-corrected chi connectivity index (χ0v) is 18.7. The fraction of sp³-hybridized carbons (Fsp3) is 0.500. The van der Waals surface area contributed by atoms with E-state index in [0.717, 1.165) is 30.6 Å². The molecule has 0 bridgehead atoms. The number of nitrogens with one attached hydrogen (secondary N) is 1. The molecule has 2 aliphatic rings. The molecular weight excluding hydrogens is 409 g/mol. The Morgan fingerprint density at radius 2 is 2.00 bits per heavy atom. The van der Waals surface area contributed by atoms with Gasteiger partial charge in [-0.05, 0) is 67.3 Å². The second-order valence-corrected chi connectivity index (χ2v) is 8.91. The Kier molecular flexibility index (Phi) is 7.43. The van der Waals surface area contributed by atoms with Crippen molar-refractivity contribution in [1.82, 2.24) is 5.32 Å². The third-order valence-electron chi connectivity index (χ3n) is 6.68. The van der Waals surface area contributed by atoms with Crippen molar-refractivity contribution in [1.29, 1.82) is 0 Å². The van der Waals surface area contributed by atoms with Crippen molar-refractivity contribution in [3.05, 3.63) is 53.8 Å². The third-order valence-corrected chi connectivity index (χ3v) is 6.68. The van der Waals surface area contributed by atoms with Gasteiger partial charge in [0.05, 0.1) is 19.1 Å². The van der Waals surface area contributed by atoms with Gasteiger partial charge in [-0.2, -0.15) is 0 Å². The van der Waals surface area contributed by atoms with Gasteiger partial charge in [0.1, 0.15) is 11.6 Å². The minimum Gasteiger partial charge on any atom is -0.496 e. The van der Waals surface area contributed by atoms with Crippen molar-refractivity contribution in [3.8, 4) is 16.9 Å². The number of hydrogen-bond acceptors (Lipinski definition) is 4. The second-order valence-electron chi connectivity index (χ2n) is 8.91. The maximum Gasteiger partial charge on any atom is 0.226 e. The predicted octanol–water partition coefficient (Wildman–Crippen LogP) is 4.38. The van der Waals surface area contributed by atoms with Crippen molar-refractivity contribution < 1.29 is 23.4 Å². The predicted molar refractivity (Wildman–Crippen MR) is 121 cm³/mol. The SMILES string of the molecule is COc1ccc(F)cc1-c1cccc(CC2(C(=O)NCC3CCCOC3)CCOCC2)c1. The molecule has 2 aromatic carbocycles. The Hall–Kier alpha value is -2.44. The van der Waals surface area contributed by atoms with Crippen LogP contribution in [0, 0.1) is 17.2 Å². The topological polar surface area (TPSA) is 56.8 Å². The van der Waals surface area contributed by atoms with Crippen LogP contribution in [0.25, 0.3) is 11.1 Å². The van der Waals surface area contributed by atoms with Gasteiger partial charge in [0.15, 0.2) is 0 Å². The van der Waals surface area contributed by atoms with Crippen molar-refractivity contribution in [3.63, 3.8) is 0 Å². The number of carbonyl (C=O) groups is 1. The number of methoxy groups -OCH3 is 1. The lowest BCUT2D eigenvalue weighted by Gasteiger charge is -2.36. The van der Waals surface area contributed by atoms with Crippen molar-refractivity contribution in [2.24, 2.45) is 11.3 Å². The van der Waals surface area contributed by atoms with Crippen LogP contribution in [0.15, 0.2) is 42.5 Å². The fourth-order valence-corrected chi connectivity index (χ4v) is 4.78. The van der Waals surface area contributed by atoms with E-state index in [9.17, 15) is 9.18 Å². The van der Waals surface area contributed by atoms with Crippen LogP contribution in [0.3, 0.4) is 0 Å². The average molecular weight is 442 g/mol. The second kappa shape index (κ2) is 10.5. The van der Waals surface area contributed by atoms with E-state index in [1.165, 1.54) is 12.1 Å². The molecule has 0 saturated carbocycles. The summed E-state index contributed by atoms with van der Waals surface area (Å²) in [5.41, 5.74) is 2.13. The quantitative estimate of drug-likeness (QED) is 0.693. The lowest BCUT2D eigenvalue weighted by atomic mass is 9.74. The molecule has 0 radical (unpaired) electrons. The summed E-state index contributed by atoms with van der Waals surface area (Å²) >= 11 is 0. The molecule has 6 heteroatoms. The molecule has 172 valence electrons. The first-order chi connectivity index (χ1) is 15.6. The van der Waals surface area contributed by atoms with Gasteiger partial charge in [0.2, 0.25) is 5.91 Å². The summed E-state index contributed by atoms with van der Waals surface area (Å²) < 4.78 is 30.5. The minimum absolute atomic E-state index is 0.0973. The lowest BCUT2D eigenvalue weighted by Crippen LogP contribution is -2.47. The molecule has 1 amide bonds. The van der Waals surface area contributed by atoms with E-state index < -0.39 is 5.41 Å². The molecule has 0 spiro atoms. The summed E-state index contributed by atoms with van der Waals surface area (Å²) in [6.45, 7) is 3.35. The zero-order valence-electron chi connectivity index (χ0n) is 18.7. The van der Waals surface area contributed by atoms with E-state index >= 15 is 0 Å². The van der Waals surface area contributed by atoms with Gasteiger partial charge in [0.25, 0.3) is 0 Å². The largest absolute Gasteiger partial charge is 0.496 e. The van der Waals surface area contributed by atoms with Crippen molar-refractivity contribution in [2.45, 2.75) is 32.1 Å². The molecule has 1 unspecified atom stereocenters. The number of amides is 1. The Morgan fingerprint density at radius 3 is 2.75 bits per heavy atom. The molecule has 2 fully saturated rings. The number of rotatable bonds is 7. The number of ether oxygens (including phenoxy) is 3. The highest BCUT2D eigenvalue weighted by molar-refractivity contribution is 5.83. The molecule has 0 aromatic heterocycles. The normalized spacial score (nSPS) is 20.5. The monoisotopic (exact) mass is 441 g/mol. The smallest absolute Gasteiger partial charge is 0.226 e. The zero-order chi connectivity index (χ0) is 22.4. The van der Waals surface area contributed by atoms with E-state index in [-0.39, 0.29) is 11.7 Å². The van der Waals surface area contributed by atoms with E-state index in [1.807, 2.05) is 24.3 Å². The number of benzene rings is 2. The van der Waals surface area contributed by atoms with Crippen LogP contribution in [-0.4, -0.2) is 46.0 Å². The summed E-state index contributed by atoms with van der Waals surface area (Å²) in [5.74, 6) is 0.795. The van der Waals surface area contributed by atoms with Crippen LogP contribution in [0.5, 0.6) is 5.75 Å². The fourth-order valence-electron chi connectivity index (χ4n) is 4.78. The van der Waals surface area contributed by atoms with E-state index in [2.05, 4.69) is 5.32 Å². The van der Waals surface area contributed by atoms with E-state index in [0.29, 0.717) is 62.9 Å². The first-order valence-electron chi connectivity index (χ1n) is 11.5. The highest BCUT2D eigenvalue weighted by Crippen LogP contribution is 2.37. The molecule has 2 heterocycles. The van der Waals surface area contributed by atoms with Gasteiger partial charge in [-0.1, -0.05) is 24.3 Å². The molecule has 2 aromatic rings. The summed E-state index contributed by atoms with van der Waals surface area (Å²) in [7, 11) is 1.58. The van der Waals surface area contributed by atoms with Gasteiger partial charge in [-0.15, -0.1) is 0 Å². The highest BCUT2D eigenvalue weighted by Gasteiger charge is 2.40. The molecular formula is C26H32FNO4. The maximum atomic E-state index is 13.9. The first-order valence-corrected chi connectivity index (χ1v) is 11.5. The van der Waals surface area contributed by atoms with Crippen LogP contribution in [0.2, 0.25) is 0 Å². The summed E-state index contributed by atoms with van der Waals surface area (Å²) in [5, 5.41) is 3.21. The van der Waals surface area contributed by atoms with Crippen molar-refractivity contribution in [2.75, 3.05) is 40.1 Å². The van der Waals surface area contributed by atoms with E-state index in [4.69, 9.17) is 14.2 Å². The van der Waals surface area contributed by atoms with Crippen molar-refractivity contribution >= 4 is 5.91 Å². The molecule has 2 saturated heterocycles. The molecule has 32 heavy (non-hydrogen) atoms. The Balaban J connectivity index is 1.53. The molecule has 1 atom stereocenters. The van der Waals surface area contributed by atoms with Crippen LogP contribution in [0.4, 0.5) is 4.39 Å². The number of hydrogen-bond donors (Lipinski definition) is 1. The molecule has 1 N–H and O–H groups in total. The van der Waals surface area contributed by atoms with E-state index in [1.54, 1.807) is 13.2 Å².